The van der Waals surface area contributed by atoms with E-state index in [2.05, 4.69) is 31.3 Å². The maximum atomic E-state index is 10.7. The first kappa shape index (κ1) is 7.20. The molecule has 0 fully saturated rings. The van der Waals surface area contributed by atoms with Gasteiger partial charge in [0.15, 0.2) is 0 Å². The summed E-state index contributed by atoms with van der Waals surface area (Å²) in [6, 6.07) is 0. The molecule has 0 aliphatic rings. The molecular formula is C4H5IN2OS. The molecule has 1 aromatic heterocycles. The third-order valence-corrected chi connectivity index (χ3v) is 2.05. The minimum absolute atomic E-state index is 0.0538. The van der Waals surface area contributed by atoms with Crippen molar-refractivity contribution in [3.63, 3.8) is 0 Å². The molecule has 1 unspecified atom stereocenters. The van der Waals surface area contributed by atoms with Gasteiger partial charge in [0, 0.05) is 11.7 Å². The minimum atomic E-state index is -0.0538. The molecule has 0 saturated carbocycles. The van der Waals surface area contributed by atoms with Gasteiger partial charge < -0.3 is 0 Å². The van der Waals surface area contributed by atoms with Crippen molar-refractivity contribution in [3.05, 3.63) is 16.0 Å². The topological polar surface area (TPSA) is 45.8 Å². The second-order valence-corrected chi connectivity index (χ2v) is 4.05. The van der Waals surface area contributed by atoms with Crippen LogP contribution in [0.15, 0.2) is 4.79 Å². The molecule has 0 aromatic carbocycles. The van der Waals surface area contributed by atoms with E-state index in [1.165, 1.54) is 0 Å². The molecule has 0 saturated heterocycles. The number of H-pyrrole nitrogens is 1. The summed E-state index contributed by atoms with van der Waals surface area (Å²) in [5.74, 6) is 0. The first-order chi connectivity index (χ1) is 4.22. The zero-order chi connectivity index (χ0) is 6.85. The highest BCUT2D eigenvalue weighted by atomic mass is 127. The molecule has 0 amide bonds. The summed E-state index contributed by atoms with van der Waals surface area (Å²) < 4.78 is 6.61. The number of alkyl halides is 1. The first-order valence-electron chi connectivity index (χ1n) is 2.40. The summed E-state index contributed by atoms with van der Waals surface area (Å²) >= 11 is 3.26. The lowest BCUT2D eigenvalue weighted by Gasteiger charge is -1.89. The fourth-order valence-corrected chi connectivity index (χ4v) is 1.64. The largest absolute Gasteiger partial charge is 0.282 e. The van der Waals surface area contributed by atoms with Gasteiger partial charge in [0.1, 0.15) is 5.69 Å². The van der Waals surface area contributed by atoms with E-state index in [-0.39, 0.29) is 9.48 Å². The smallest absolute Gasteiger partial charge is 0.267 e. The van der Waals surface area contributed by atoms with E-state index in [9.17, 15) is 4.79 Å². The molecule has 1 aromatic rings. The average molecular weight is 256 g/mol. The molecule has 1 heterocycles. The maximum absolute atomic E-state index is 10.7. The van der Waals surface area contributed by atoms with Crippen molar-refractivity contribution in [2.24, 2.45) is 0 Å². The van der Waals surface area contributed by atoms with Crippen LogP contribution >= 0.6 is 34.3 Å². The Morgan fingerprint density at radius 2 is 2.56 bits per heavy atom. The molecule has 1 atom stereocenters. The Balaban J connectivity index is 3.08. The number of hydrogen-bond acceptors (Lipinski definition) is 3. The van der Waals surface area contributed by atoms with Crippen LogP contribution in [0.25, 0.3) is 0 Å². The van der Waals surface area contributed by atoms with E-state index < -0.39 is 0 Å². The Bertz CT molecular complexity index is 241. The van der Waals surface area contributed by atoms with E-state index in [1.807, 2.05) is 6.92 Å². The number of nitrogens with one attached hydrogen (secondary N) is 1. The Kier molecular flexibility index (Phi) is 2.23. The van der Waals surface area contributed by atoms with Crippen LogP contribution in [0.4, 0.5) is 0 Å². The van der Waals surface area contributed by atoms with Crippen LogP contribution < -0.4 is 5.56 Å². The van der Waals surface area contributed by atoms with Gasteiger partial charge in [-0.05, 0) is 6.92 Å². The molecule has 0 aliphatic heterocycles. The third-order valence-electron chi connectivity index (χ3n) is 0.892. The van der Waals surface area contributed by atoms with Crippen molar-refractivity contribution < 1.29 is 0 Å². The zero-order valence-corrected chi connectivity index (χ0v) is 7.69. The summed E-state index contributed by atoms with van der Waals surface area (Å²) in [6.07, 6.45) is 0. The van der Waals surface area contributed by atoms with E-state index >= 15 is 0 Å². The van der Waals surface area contributed by atoms with Crippen LogP contribution in [-0.2, 0) is 0 Å². The van der Waals surface area contributed by atoms with E-state index in [4.69, 9.17) is 0 Å². The predicted octanol–water partition coefficient (Wildman–Crippen LogP) is 1.33. The van der Waals surface area contributed by atoms with Gasteiger partial charge in [0.2, 0.25) is 0 Å². The van der Waals surface area contributed by atoms with Crippen molar-refractivity contribution in [1.82, 2.24) is 8.75 Å². The fourth-order valence-electron chi connectivity index (χ4n) is 0.460. The highest BCUT2D eigenvalue weighted by Gasteiger charge is 2.07. The van der Waals surface area contributed by atoms with Crippen LogP contribution in [0.3, 0.4) is 0 Å². The zero-order valence-electron chi connectivity index (χ0n) is 4.72. The van der Waals surface area contributed by atoms with Crippen molar-refractivity contribution in [2.75, 3.05) is 0 Å². The summed E-state index contributed by atoms with van der Waals surface area (Å²) in [7, 11) is 0. The first-order valence-corrected chi connectivity index (χ1v) is 4.42. The van der Waals surface area contributed by atoms with Crippen molar-refractivity contribution in [3.8, 4) is 0 Å². The van der Waals surface area contributed by atoms with Gasteiger partial charge >= 0.3 is 0 Å². The number of hydrogen-bond donors (Lipinski definition) is 1. The molecule has 1 N–H and O–H groups in total. The van der Waals surface area contributed by atoms with Crippen LogP contribution in [0.1, 0.15) is 16.5 Å². The number of aromatic amines is 1. The molecule has 9 heavy (non-hydrogen) atoms. The normalized spacial score (nSPS) is 13.6. The Hall–Kier alpha value is 0.0900. The molecule has 3 nitrogen and oxygen atoms in total. The lowest BCUT2D eigenvalue weighted by molar-refractivity contribution is 1.06. The molecular weight excluding hydrogens is 251 g/mol. The second-order valence-electron chi connectivity index (χ2n) is 1.62. The van der Waals surface area contributed by atoms with E-state index in [0.29, 0.717) is 5.69 Å². The van der Waals surface area contributed by atoms with E-state index in [1.54, 1.807) is 0 Å². The summed E-state index contributed by atoms with van der Waals surface area (Å²) in [4.78, 5) is 10.7. The Morgan fingerprint density at radius 1 is 1.89 bits per heavy atom. The van der Waals surface area contributed by atoms with Gasteiger partial charge in [-0.15, -0.1) is 0 Å². The molecule has 0 spiro atoms. The lowest BCUT2D eigenvalue weighted by atomic mass is 10.4. The summed E-state index contributed by atoms with van der Waals surface area (Å²) in [6.45, 7) is 1.94. The molecule has 0 aliphatic carbocycles. The van der Waals surface area contributed by atoms with E-state index in [0.717, 1.165) is 11.7 Å². The predicted molar refractivity (Wildman–Crippen MR) is 45.2 cm³/mol. The van der Waals surface area contributed by atoms with Gasteiger partial charge in [0.25, 0.3) is 5.56 Å². The summed E-state index contributed by atoms with van der Waals surface area (Å²) in [5.41, 5.74) is 0.572. The number of aromatic nitrogens is 2. The van der Waals surface area contributed by atoms with Gasteiger partial charge in [0.05, 0.1) is 3.92 Å². The van der Waals surface area contributed by atoms with Gasteiger partial charge in [-0.1, -0.05) is 22.6 Å². The second kappa shape index (κ2) is 2.78. The van der Waals surface area contributed by atoms with Crippen LogP contribution in [0.2, 0.25) is 0 Å². The van der Waals surface area contributed by atoms with Crippen LogP contribution in [0.5, 0.6) is 0 Å². The third kappa shape index (κ3) is 1.51. The van der Waals surface area contributed by atoms with Crippen molar-refractivity contribution in [1.29, 1.82) is 0 Å². The SMILES string of the molecule is CC(I)c1ns[nH]c1=O. The number of rotatable bonds is 1. The van der Waals surface area contributed by atoms with Gasteiger partial charge in [-0.25, -0.2) is 0 Å². The fraction of sp³-hybridized carbons (Fsp3) is 0.500. The van der Waals surface area contributed by atoms with Crippen LogP contribution in [0, 0.1) is 0 Å². The molecule has 1 rings (SSSR count). The molecule has 0 radical (unpaired) electrons. The quantitative estimate of drug-likeness (QED) is 0.608. The van der Waals surface area contributed by atoms with Crippen LogP contribution in [-0.4, -0.2) is 8.75 Å². The maximum Gasteiger partial charge on any atom is 0.282 e. The summed E-state index contributed by atoms with van der Waals surface area (Å²) in [5, 5.41) is 0. The molecule has 0 bridgehead atoms. The highest BCUT2D eigenvalue weighted by molar-refractivity contribution is 14.1. The minimum Gasteiger partial charge on any atom is -0.267 e. The molecule has 5 heteroatoms. The van der Waals surface area contributed by atoms with Gasteiger partial charge in [-0.3, -0.25) is 9.17 Å². The lowest BCUT2D eigenvalue weighted by Crippen LogP contribution is -2.05. The highest BCUT2D eigenvalue weighted by Crippen LogP contribution is 2.16. The Morgan fingerprint density at radius 3 is 2.78 bits per heavy atom. The van der Waals surface area contributed by atoms with Crippen molar-refractivity contribution >= 4 is 34.3 Å². The number of halogens is 1. The molecule has 50 valence electrons. The number of nitrogens with zero attached hydrogens (tertiary/aromatic N) is 1. The average Bonchev–Trinajstić information content (AvgIpc) is 2.13. The monoisotopic (exact) mass is 256 g/mol. The van der Waals surface area contributed by atoms with Crippen molar-refractivity contribution in [2.45, 2.75) is 10.8 Å². The van der Waals surface area contributed by atoms with Gasteiger partial charge in [-0.2, -0.15) is 4.37 Å². The Labute approximate surface area is 69.9 Å². The standard InChI is InChI=1S/C4H5IN2OS/c1-2(5)3-4(8)7-9-6-3/h2H,1H3,(H,7,8).